The summed E-state index contributed by atoms with van der Waals surface area (Å²) in [5, 5.41) is 12.2. The Labute approximate surface area is 119 Å². The van der Waals surface area contributed by atoms with Crippen LogP contribution in [0.3, 0.4) is 0 Å². The molecule has 0 unspecified atom stereocenters. The van der Waals surface area contributed by atoms with Crippen LogP contribution in [0.15, 0.2) is 29.2 Å². The Morgan fingerprint density at radius 1 is 1.25 bits per heavy atom. The lowest BCUT2D eigenvalue weighted by Gasteiger charge is -2.21. The average Bonchev–Trinajstić information content (AvgIpc) is 2.48. The molecule has 1 saturated carbocycles. The molecule has 0 saturated heterocycles. The van der Waals surface area contributed by atoms with Gasteiger partial charge in [0.2, 0.25) is 0 Å². The SMILES string of the molecule is COS(=O)(=O)c1ccccc1C=[N+]([O-])C1CCCCC1. The molecule has 1 aromatic rings. The van der Waals surface area contributed by atoms with E-state index in [0.717, 1.165) is 37.5 Å². The molecular weight excluding hydrogens is 278 g/mol. The summed E-state index contributed by atoms with van der Waals surface area (Å²) >= 11 is 0. The molecule has 110 valence electrons. The molecule has 1 fully saturated rings. The summed E-state index contributed by atoms with van der Waals surface area (Å²) in [6, 6.07) is 6.31. The average molecular weight is 297 g/mol. The van der Waals surface area contributed by atoms with Gasteiger partial charge in [-0.25, -0.2) is 4.74 Å². The molecule has 1 aromatic carbocycles. The highest BCUT2D eigenvalue weighted by Crippen LogP contribution is 2.21. The van der Waals surface area contributed by atoms with Gasteiger partial charge in [-0.1, -0.05) is 18.6 Å². The smallest absolute Gasteiger partial charge is 0.297 e. The Morgan fingerprint density at radius 2 is 1.90 bits per heavy atom. The normalized spacial score (nSPS) is 18.1. The molecule has 0 spiro atoms. The van der Waals surface area contributed by atoms with E-state index in [0.29, 0.717) is 5.56 Å². The lowest BCUT2D eigenvalue weighted by molar-refractivity contribution is -0.500. The lowest BCUT2D eigenvalue weighted by atomic mass is 9.96. The molecule has 0 heterocycles. The van der Waals surface area contributed by atoms with Gasteiger partial charge in [-0.2, -0.15) is 8.42 Å². The lowest BCUT2D eigenvalue weighted by Crippen LogP contribution is -2.25. The molecule has 5 nitrogen and oxygen atoms in total. The van der Waals surface area contributed by atoms with Gasteiger partial charge < -0.3 is 5.21 Å². The van der Waals surface area contributed by atoms with E-state index in [1.807, 2.05) is 0 Å². The van der Waals surface area contributed by atoms with Gasteiger partial charge in [0.1, 0.15) is 4.90 Å². The third-order valence-corrected chi connectivity index (χ3v) is 4.96. The van der Waals surface area contributed by atoms with Crippen LogP contribution >= 0.6 is 0 Å². The molecule has 6 heteroatoms. The van der Waals surface area contributed by atoms with Gasteiger partial charge in [0.25, 0.3) is 10.1 Å². The van der Waals surface area contributed by atoms with E-state index < -0.39 is 10.1 Å². The van der Waals surface area contributed by atoms with Crippen molar-refractivity contribution in [2.24, 2.45) is 0 Å². The van der Waals surface area contributed by atoms with Crippen LogP contribution in [0.2, 0.25) is 0 Å². The Kier molecular flexibility index (Phi) is 4.77. The molecular formula is C14H19NO4S. The van der Waals surface area contributed by atoms with Gasteiger partial charge in [0, 0.05) is 12.8 Å². The van der Waals surface area contributed by atoms with Gasteiger partial charge in [0.05, 0.1) is 12.7 Å². The highest BCUT2D eigenvalue weighted by molar-refractivity contribution is 7.86. The number of hydrogen-bond donors (Lipinski definition) is 0. The number of benzene rings is 1. The molecule has 0 aromatic heterocycles. The number of rotatable bonds is 4. The molecule has 0 aliphatic heterocycles. The van der Waals surface area contributed by atoms with Gasteiger partial charge in [-0.15, -0.1) is 0 Å². The minimum atomic E-state index is -3.80. The van der Waals surface area contributed by atoms with Crippen molar-refractivity contribution >= 4 is 16.3 Å². The Morgan fingerprint density at radius 3 is 2.55 bits per heavy atom. The summed E-state index contributed by atoms with van der Waals surface area (Å²) in [7, 11) is -2.69. The molecule has 0 bridgehead atoms. The zero-order valence-corrected chi connectivity index (χ0v) is 12.3. The quantitative estimate of drug-likeness (QED) is 0.281. The van der Waals surface area contributed by atoms with E-state index in [1.165, 1.54) is 18.7 Å². The van der Waals surface area contributed by atoms with E-state index in [9.17, 15) is 13.6 Å². The largest absolute Gasteiger partial charge is 0.624 e. The second-order valence-corrected chi connectivity index (χ2v) is 6.62. The summed E-state index contributed by atoms with van der Waals surface area (Å²) in [6.07, 6.45) is 6.35. The zero-order chi connectivity index (χ0) is 14.6. The van der Waals surface area contributed by atoms with Crippen LogP contribution in [-0.2, 0) is 14.3 Å². The van der Waals surface area contributed by atoms with E-state index in [4.69, 9.17) is 0 Å². The summed E-state index contributed by atoms with van der Waals surface area (Å²) in [4.78, 5) is 0.0270. The van der Waals surface area contributed by atoms with Crippen molar-refractivity contribution in [3.8, 4) is 0 Å². The van der Waals surface area contributed by atoms with Crippen LogP contribution < -0.4 is 0 Å². The third kappa shape index (κ3) is 3.37. The number of nitrogens with zero attached hydrogens (tertiary/aromatic N) is 1. The summed E-state index contributed by atoms with van der Waals surface area (Å²) < 4.78 is 29.0. The molecule has 20 heavy (non-hydrogen) atoms. The summed E-state index contributed by atoms with van der Waals surface area (Å²) in [5.74, 6) is 0. The van der Waals surface area contributed by atoms with Crippen molar-refractivity contribution in [1.82, 2.24) is 0 Å². The number of hydroxylamine groups is 1. The van der Waals surface area contributed by atoms with Gasteiger partial charge in [-0.05, 0) is 25.0 Å². The first-order valence-electron chi connectivity index (χ1n) is 6.74. The molecule has 1 aliphatic rings. The molecule has 1 aliphatic carbocycles. The second kappa shape index (κ2) is 6.37. The molecule has 0 N–H and O–H groups in total. The third-order valence-electron chi connectivity index (χ3n) is 3.61. The van der Waals surface area contributed by atoms with Crippen LogP contribution in [-0.4, -0.2) is 32.5 Å². The maximum absolute atomic E-state index is 12.2. The Hall–Kier alpha value is -1.40. The minimum absolute atomic E-state index is 0.0270. The topological polar surface area (TPSA) is 69.4 Å². The van der Waals surface area contributed by atoms with E-state index >= 15 is 0 Å². The first kappa shape index (κ1) is 15.0. The summed E-state index contributed by atoms with van der Waals surface area (Å²) in [5.41, 5.74) is 0.370. The highest BCUT2D eigenvalue weighted by atomic mass is 32.2. The van der Waals surface area contributed by atoms with Crippen LogP contribution in [0.1, 0.15) is 37.7 Å². The second-order valence-electron chi connectivity index (χ2n) is 4.94. The van der Waals surface area contributed by atoms with Crippen LogP contribution in [0.4, 0.5) is 0 Å². The molecule has 0 radical (unpaired) electrons. The maximum atomic E-state index is 12.2. The van der Waals surface area contributed by atoms with E-state index in [2.05, 4.69) is 4.18 Å². The van der Waals surface area contributed by atoms with Crippen molar-refractivity contribution in [2.45, 2.75) is 43.0 Å². The van der Waals surface area contributed by atoms with Gasteiger partial charge in [0.15, 0.2) is 12.3 Å². The highest BCUT2D eigenvalue weighted by Gasteiger charge is 2.22. The van der Waals surface area contributed by atoms with Gasteiger partial charge in [-0.3, -0.25) is 4.18 Å². The fourth-order valence-electron chi connectivity index (χ4n) is 2.48. The monoisotopic (exact) mass is 297 g/mol. The molecule has 0 amide bonds. The van der Waals surface area contributed by atoms with Gasteiger partial charge >= 0.3 is 0 Å². The van der Waals surface area contributed by atoms with Crippen molar-refractivity contribution in [2.75, 3.05) is 7.11 Å². The maximum Gasteiger partial charge on any atom is 0.297 e. The van der Waals surface area contributed by atoms with Crippen molar-refractivity contribution < 1.29 is 17.3 Å². The van der Waals surface area contributed by atoms with Crippen molar-refractivity contribution in [3.63, 3.8) is 0 Å². The first-order valence-corrected chi connectivity index (χ1v) is 8.15. The predicted molar refractivity (Wildman–Crippen MR) is 76.3 cm³/mol. The van der Waals surface area contributed by atoms with E-state index in [1.54, 1.807) is 18.2 Å². The Bertz CT molecular complexity index is 589. The standard InChI is InChI=1S/C14H19NO4S/c1-19-20(17,18)14-10-6-5-7-12(14)11-15(16)13-8-3-2-4-9-13/h5-7,10-11,13H,2-4,8-9H2,1H3. The first-order chi connectivity index (χ1) is 9.54. The zero-order valence-electron chi connectivity index (χ0n) is 11.5. The van der Waals surface area contributed by atoms with Crippen LogP contribution in [0.5, 0.6) is 0 Å². The summed E-state index contributed by atoms with van der Waals surface area (Å²) in [6.45, 7) is 0. The Balaban J connectivity index is 2.33. The molecule has 0 atom stereocenters. The fourth-order valence-corrected chi connectivity index (χ4v) is 3.32. The minimum Gasteiger partial charge on any atom is -0.624 e. The van der Waals surface area contributed by atoms with Crippen molar-refractivity contribution in [1.29, 1.82) is 0 Å². The number of hydrogen-bond acceptors (Lipinski definition) is 4. The fraction of sp³-hybridized carbons (Fsp3) is 0.500. The van der Waals surface area contributed by atoms with Crippen molar-refractivity contribution in [3.05, 3.63) is 35.0 Å². The van der Waals surface area contributed by atoms with Crippen LogP contribution in [0, 0.1) is 5.21 Å². The van der Waals surface area contributed by atoms with Crippen LogP contribution in [0.25, 0.3) is 0 Å². The molecule has 2 rings (SSSR count). The predicted octanol–water partition coefficient (Wildman–Crippen LogP) is 2.28. The van der Waals surface area contributed by atoms with E-state index in [-0.39, 0.29) is 10.9 Å².